The first-order valence-electron chi connectivity index (χ1n) is 7.42. The number of nitrogens with zero attached hydrogens (tertiary/aromatic N) is 3. The summed E-state index contributed by atoms with van der Waals surface area (Å²) in [6.07, 6.45) is 2.34. The number of amides is 1. The fraction of sp³-hybridized carbons (Fsp3) is 0.400. The van der Waals surface area contributed by atoms with Crippen molar-refractivity contribution in [2.45, 2.75) is 29.8 Å². The summed E-state index contributed by atoms with van der Waals surface area (Å²) in [4.78, 5) is 13.7. The lowest BCUT2D eigenvalue weighted by Crippen LogP contribution is -2.28. The van der Waals surface area contributed by atoms with E-state index in [0.29, 0.717) is 16.6 Å². The fourth-order valence-corrected chi connectivity index (χ4v) is 3.96. The van der Waals surface area contributed by atoms with Crippen LogP contribution in [0.3, 0.4) is 0 Å². The fourth-order valence-electron chi connectivity index (χ4n) is 1.97. The lowest BCUT2D eigenvalue weighted by molar-refractivity contribution is -0.127. The van der Waals surface area contributed by atoms with Gasteiger partial charge in [-0.2, -0.15) is 0 Å². The van der Waals surface area contributed by atoms with E-state index in [9.17, 15) is 9.18 Å². The number of halogens is 2. The zero-order valence-electron chi connectivity index (χ0n) is 13.0. The second kappa shape index (κ2) is 7.67. The number of carbonyl (C=O) groups excluding carboxylic acids is 1. The quantitative estimate of drug-likeness (QED) is 0.736. The van der Waals surface area contributed by atoms with E-state index >= 15 is 0 Å². The van der Waals surface area contributed by atoms with E-state index in [-0.39, 0.29) is 18.2 Å². The summed E-state index contributed by atoms with van der Waals surface area (Å²) in [6.45, 7) is 0.134. The lowest BCUT2D eigenvalue weighted by atomic mass is 10.2. The molecule has 1 heterocycles. The topological polar surface area (TPSA) is 58.1 Å². The zero-order chi connectivity index (χ0) is 17.1. The van der Waals surface area contributed by atoms with Crippen molar-refractivity contribution in [3.8, 4) is 0 Å². The van der Waals surface area contributed by atoms with Crippen LogP contribution in [0.25, 0.3) is 0 Å². The van der Waals surface area contributed by atoms with E-state index in [0.717, 1.165) is 9.47 Å². The predicted molar refractivity (Wildman–Crippen MR) is 95.2 cm³/mol. The minimum Gasteiger partial charge on any atom is -0.357 e. The van der Waals surface area contributed by atoms with Crippen molar-refractivity contribution < 1.29 is 9.18 Å². The molecule has 128 valence electrons. The second-order valence-corrected chi connectivity index (χ2v) is 8.14. The summed E-state index contributed by atoms with van der Waals surface area (Å²) in [6, 6.07) is 5.02. The molecule has 1 aliphatic carbocycles. The summed E-state index contributed by atoms with van der Waals surface area (Å²) in [7, 11) is 1.63. The molecule has 24 heavy (non-hydrogen) atoms. The van der Waals surface area contributed by atoms with Gasteiger partial charge in [-0.15, -0.1) is 10.2 Å². The monoisotopic (exact) mass is 386 g/mol. The van der Waals surface area contributed by atoms with Crippen LogP contribution in [0.2, 0.25) is 5.02 Å². The summed E-state index contributed by atoms with van der Waals surface area (Å²) in [5.74, 6) is -0.304. The van der Waals surface area contributed by atoms with Crippen LogP contribution in [0.4, 0.5) is 9.52 Å². The molecule has 1 amide bonds. The molecule has 1 aliphatic rings. The van der Waals surface area contributed by atoms with Crippen molar-refractivity contribution >= 4 is 45.7 Å². The number of hydrogen-bond acceptors (Lipinski definition) is 6. The second-order valence-electron chi connectivity index (χ2n) is 5.53. The Kier molecular flexibility index (Phi) is 5.57. The highest BCUT2D eigenvalue weighted by atomic mass is 35.5. The predicted octanol–water partition coefficient (Wildman–Crippen LogP) is 3.66. The smallest absolute Gasteiger partial charge is 0.233 e. The Morgan fingerprint density at radius 3 is 3.00 bits per heavy atom. The van der Waals surface area contributed by atoms with Gasteiger partial charge in [0.1, 0.15) is 5.82 Å². The average molecular weight is 387 g/mol. The van der Waals surface area contributed by atoms with Gasteiger partial charge in [-0.1, -0.05) is 40.8 Å². The Balaban J connectivity index is 1.51. The number of carbonyl (C=O) groups is 1. The van der Waals surface area contributed by atoms with Gasteiger partial charge in [0.25, 0.3) is 0 Å². The number of thioether (sulfide) groups is 1. The minimum atomic E-state index is -0.408. The molecule has 0 bridgehead atoms. The van der Waals surface area contributed by atoms with Gasteiger partial charge < -0.3 is 10.2 Å². The molecule has 0 saturated heterocycles. The average Bonchev–Trinajstić information content (AvgIpc) is 3.25. The number of benzene rings is 1. The van der Waals surface area contributed by atoms with E-state index in [4.69, 9.17) is 11.6 Å². The molecule has 0 radical (unpaired) electrons. The van der Waals surface area contributed by atoms with E-state index in [1.807, 2.05) is 0 Å². The Labute approximate surface area is 152 Å². The molecule has 2 aromatic rings. The van der Waals surface area contributed by atoms with Crippen molar-refractivity contribution in [2.75, 3.05) is 18.1 Å². The SMILES string of the molecule is CN(Cc1c(F)cccc1Cl)C(=O)CSc1nnc(NC2CC2)s1. The van der Waals surface area contributed by atoms with Gasteiger partial charge in [0, 0.05) is 30.2 Å². The molecule has 1 saturated carbocycles. The largest absolute Gasteiger partial charge is 0.357 e. The number of hydrogen-bond donors (Lipinski definition) is 1. The van der Waals surface area contributed by atoms with Crippen molar-refractivity contribution in [2.24, 2.45) is 0 Å². The van der Waals surface area contributed by atoms with Crippen LogP contribution in [0.15, 0.2) is 22.5 Å². The number of aromatic nitrogens is 2. The zero-order valence-corrected chi connectivity index (χ0v) is 15.3. The van der Waals surface area contributed by atoms with E-state index in [2.05, 4.69) is 15.5 Å². The molecular weight excluding hydrogens is 371 g/mol. The molecule has 0 atom stereocenters. The van der Waals surface area contributed by atoms with Gasteiger partial charge in [-0.05, 0) is 25.0 Å². The highest BCUT2D eigenvalue weighted by Gasteiger charge is 2.22. The molecule has 1 aromatic carbocycles. The first-order valence-corrected chi connectivity index (χ1v) is 9.60. The standard InChI is InChI=1S/C15H16ClFN4OS2/c1-21(7-10-11(16)3-2-4-12(10)17)13(22)8-23-15-20-19-14(24-15)18-9-5-6-9/h2-4,9H,5-8H2,1H3,(H,18,19). The van der Waals surface area contributed by atoms with E-state index < -0.39 is 5.82 Å². The molecule has 0 unspecified atom stereocenters. The van der Waals surface area contributed by atoms with Crippen molar-refractivity contribution in [3.05, 3.63) is 34.6 Å². The van der Waals surface area contributed by atoms with Gasteiger partial charge in [0.2, 0.25) is 11.0 Å². The molecule has 1 N–H and O–H groups in total. The van der Waals surface area contributed by atoms with Crippen LogP contribution in [0.1, 0.15) is 18.4 Å². The Bertz CT molecular complexity index is 718. The van der Waals surface area contributed by atoms with Crippen LogP contribution < -0.4 is 5.32 Å². The van der Waals surface area contributed by atoms with E-state index in [1.54, 1.807) is 19.2 Å². The highest BCUT2D eigenvalue weighted by molar-refractivity contribution is 8.01. The molecule has 0 aliphatic heterocycles. The highest BCUT2D eigenvalue weighted by Crippen LogP contribution is 2.30. The van der Waals surface area contributed by atoms with Crippen LogP contribution in [0.5, 0.6) is 0 Å². The van der Waals surface area contributed by atoms with Gasteiger partial charge in [-0.3, -0.25) is 4.79 Å². The molecule has 1 fully saturated rings. The molecule has 9 heteroatoms. The number of anilines is 1. The normalized spacial score (nSPS) is 13.8. The number of rotatable bonds is 7. The summed E-state index contributed by atoms with van der Waals surface area (Å²) < 4.78 is 14.5. The Hall–Kier alpha value is -1.38. The van der Waals surface area contributed by atoms with E-state index in [1.165, 1.54) is 46.9 Å². The first kappa shape index (κ1) is 17.4. The molecule has 3 rings (SSSR count). The molecule has 1 aromatic heterocycles. The Morgan fingerprint density at radius 2 is 2.29 bits per heavy atom. The third-order valence-corrected chi connectivity index (χ3v) is 5.84. The Morgan fingerprint density at radius 1 is 1.50 bits per heavy atom. The molecule has 0 spiro atoms. The lowest BCUT2D eigenvalue weighted by Gasteiger charge is -2.18. The maximum atomic E-state index is 13.8. The van der Waals surface area contributed by atoms with Crippen LogP contribution in [-0.2, 0) is 11.3 Å². The summed E-state index contributed by atoms with van der Waals surface area (Å²) >= 11 is 8.77. The minimum absolute atomic E-state index is 0.119. The van der Waals surface area contributed by atoms with Gasteiger partial charge >= 0.3 is 0 Å². The van der Waals surface area contributed by atoms with Crippen LogP contribution >= 0.6 is 34.7 Å². The summed E-state index contributed by atoms with van der Waals surface area (Å²) in [5, 5.41) is 12.5. The third kappa shape index (κ3) is 4.58. The van der Waals surface area contributed by atoms with Crippen LogP contribution in [0, 0.1) is 5.82 Å². The van der Waals surface area contributed by atoms with Gasteiger partial charge in [0.05, 0.1) is 5.75 Å². The first-order chi connectivity index (χ1) is 11.5. The van der Waals surface area contributed by atoms with Crippen molar-refractivity contribution in [1.82, 2.24) is 15.1 Å². The maximum Gasteiger partial charge on any atom is 0.233 e. The van der Waals surface area contributed by atoms with Gasteiger partial charge in [0.15, 0.2) is 4.34 Å². The van der Waals surface area contributed by atoms with Gasteiger partial charge in [-0.25, -0.2) is 4.39 Å². The van der Waals surface area contributed by atoms with Crippen LogP contribution in [-0.4, -0.2) is 39.8 Å². The number of nitrogens with one attached hydrogen (secondary N) is 1. The molecule has 5 nitrogen and oxygen atoms in total. The maximum absolute atomic E-state index is 13.8. The van der Waals surface area contributed by atoms with Crippen molar-refractivity contribution in [1.29, 1.82) is 0 Å². The summed E-state index contributed by atoms with van der Waals surface area (Å²) in [5.41, 5.74) is 0.326. The molecular formula is C15H16ClFN4OS2. The third-order valence-electron chi connectivity index (χ3n) is 3.51. The van der Waals surface area contributed by atoms with Crippen molar-refractivity contribution in [3.63, 3.8) is 0 Å².